The van der Waals surface area contributed by atoms with Crippen LogP contribution in [-0.4, -0.2) is 25.2 Å². The highest BCUT2D eigenvalue weighted by Gasteiger charge is 2.27. The summed E-state index contributed by atoms with van der Waals surface area (Å²) in [7, 11) is -3.92. The summed E-state index contributed by atoms with van der Waals surface area (Å²) < 4.78 is 28.8. The molecule has 0 unspecified atom stereocenters. The maximum atomic E-state index is 13.3. The van der Waals surface area contributed by atoms with Gasteiger partial charge in [-0.25, -0.2) is 8.42 Å². The van der Waals surface area contributed by atoms with Gasteiger partial charge in [0.15, 0.2) is 0 Å². The number of hydrogen-bond donors (Lipinski definition) is 1. The molecule has 0 spiro atoms. The third-order valence-electron chi connectivity index (χ3n) is 5.00. The summed E-state index contributed by atoms with van der Waals surface area (Å²) >= 11 is 9.31. The van der Waals surface area contributed by atoms with Crippen LogP contribution in [0.2, 0.25) is 5.02 Å². The van der Waals surface area contributed by atoms with Gasteiger partial charge in [-0.05, 0) is 61.4 Å². The highest BCUT2D eigenvalue weighted by molar-refractivity contribution is 9.10. The quantitative estimate of drug-likeness (QED) is 0.415. The van der Waals surface area contributed by atoms with E-state index >= 15 is 0 Å². The predicted octanol–water partition coefficient (Wildman–Crippen LogP) is 5.48. The molecule has 0 bridgehead atoms. The van der Waals surface area contributed by atoms with Crippen molar-refractivity contribution in [2.75, 3.05) is 6.54 Å². The van der Waals surface area contributed by atoms with Gasteiger partial charge >= 0.3 is 0 Å². The standard InChI is InChI=1S/C24H24BrClN2O3S/c1-17-3-5-19(6-4-17)15-28(32(30,31)23-13-11-22(26)12-14-23)16-24(29)27-18(2)20-7-9-21(25)10-8-20/h3-14,18H,15-16H2,1-2H3,(H,27,29)/t18-/m1/s1. The average Bonchev–Trinajstić information content (AvgIpc) is 2.75. The molecule has 0 aliphatic carbocycles. The molecule has 3 aromatic carbocycles. The van der Waals surface area contributed by atoms with Gasteiger partial charge in [-0.2, -0.15) is 4.31 Å². The van der Waals surface area contributed by atoms with Gasteiger partial charge in [0.1, 0.15) is 0 Å². The van der Waals surface area contributed by atoms with Crippen LogP contribution in [0.3, 0.4) is 0 Å². The molecule has 8 heteroatoms. The SMILES string of the molecule is Cc1ccc(CN(CC(=O)N[C@H](C)c2ccc(Br)cc2)S(=O)(=O)c2ccc(Cl)cc2)cc1. The number of nitrogens with zero attached hydrogens (tertiary/aromatic N) is 1. The first kappa shape index (κ1) is 24.5. The lowest BCUT2D eigenvalue weighted by Gasteiger charge is -2.23. The lowest BCUT2D eigenvalue weighted by molar-refractivity contribution is -0.122. The van der Waals surface area contributed by atoms with Crippen molar-refractivity contribution in [3.8, 4) is 0 Å². The molecule has 3 rings (SSSR count). The third kappa shape index (κ3) is 6.42. The second-order valence-electron chi connectivity index (χ2n) is 7.55. The Morgan fingerprint density at radius 1 is 1.00 bits per heavy atom. The summed E-state index contributed by atoms with van der Waals surface area (Å²) in [6.07, 6.45) is 0. The first-order chi connectivity index (χ1) is 15.1. The van der Waals surface area contributed by atoms with Crippen molar-refractivity contribution in [3.63, 3.8) is 0 Å². The summed E-state index contributed by atoms with van der Waals surface area (Å²) in [4.78, 5) is 12.9. The van der Waals surface area contributed by atoms with Gasteiger partial charge in [0, 0.05) is 16.0 Å². The van der Waals surface area contributed by atoms with Crippen LogP contribution in [0.5, 0.6) is 0 Å². The van der Waals surface area contributed by atoms with E-state index in [9.17, 15) is 13.2 Å². The number of nitrogens with one attached hydrogen (secondary N) is 1. The van der Waals surface area contributed by atoms with E-state index in [0.717, 1.165) is 21.2 Å². The zero-order valence-electron chi connectivity index (χ0n) is 17.8. The van der Waals surface area contributed by atoms with Crippen molar-refractivity contribution in [2.24, 2.45) is 0 Å². The number of rotatable bonds is 8. The van der Waals surface area contributed by atoms with Gasteiger partial charge < -0.3 is 5.32 Å². The largest absolute Gasteiger partial charge is 0.348 e. The van der Waals surface area contributed by atoms with E-state index in [2.05, 4.69) is 21.2 Å². The highest BCUT2D eigenvalue weighted by Crippen LogP contribution is 2.21. The van der Waals surface area contributed by atoms with E-state index < -0.39 is 10.0 Å². The molecule has 168 valence electrons. The topological polar surface area (TPSA) is 66.5 Å². The van der Waals surface area contributed by atoms with E-state index in [4.69, 9.17) is 11.6 Å². The zero-order valence-corrected chi connectivity index (χ0v) is 20.9. The number of halogens is 2. The number of hydrogen-bond acceptors (Lipinski definition) is 3. The van der Waals surface area contributed by atoms with Crippen molar-refractivity contribution in [2.45, 2.75) is 31.3 Å². The predicted molar refractivity (Wildman–Crippen MR) is 131 cm³/mol. The molecule has 1 amide bonds. The van der Waals surface area contributed by atoms with E-state index in [1.807, 2.05) is 62.4 Å². The van der Waals surface area contributed by atoms with E-state index in [1.54, 1.807) is 0 Å². The van der Waals surface area contributed by atoms with E-state index in [-0.39, 0.29) is 29.9 Å². The molecule has 0 fully saturated rings. The molecule has 0 aromatic heterocycles. The Labute approximate surface area is 202 Å². The number of carbonyl (C=O) groups excluding carboxylic acids is 1. The number of benzene rings is 3. The van der Waals surface area contributed by atoms with E-state index in [0.29, 0.717) is 5.02 Å². The molecular weight excluding hydrogens is 512 g/mol. The number of sulfonamides is 1. The second kappa shape index (κ2) is 10.6. The Bertz CT molecular complexity index is 1170. The van der Waals surface area contributed by atoms with Crippen LogP contribution >= 0.6 is 27.5 Å². The Hall–Kier alpha value is -2.19. The van der Waals surface area contributed by atoms with Crippen molar-refractivity contribution >= 4 is 43.5 Å². The van der Waals surface area contributed by atoms with Crippen LogP contribution in [-0.2, 0) is 21.4 Å². The molecule has 5 nitrogen and oxygen atoms in total. The lowest BCUT2D eigenvalue weighted by atomic mass is 10.1. The smallest absolute Gasteiger partial charge is 0.243 e. The summed E-state index contributed by atoms with van der Waals surface area (Å²) in [5.41, 5.74) is 2.79. The summed E-state index contributed by atoms with van der Waals surface area (Å²) in [6, 6.07) is 20.8. The highest BCUT2D eigenvalue weighted by atomic mass is 79.9. The minimum atomic E-state index is -3.92. The number of carbonyl (C=O) groups is 1. The number of aryl methyl sites for hydroxylation is 1. The molecule has 0 aliphatic heterocycles. The van der Waals surface area contributed by atoms with Crippen molar-refractivity contribution < 1.29 is 13.2 Å². The Balaban J connectivity index is 1.82. The van der Waals surface area contributed by atoms with Gasteiger partial charge in [0.2, 0.25) is 15.9 Å². The lowest BCUT2D eigenvalue weighted by Crippen LogP contribution is -2.41. The van der Waals surface area contributed by atoms with Gasteiger partial charge in [-0.15, -0.1) is 0 Å². The molecule has 0 heterocycles. The first-order valence-corrected chi connectivity index (χ1v) is 12.6. The maximum Gasteiger partial charge on any atom is 0.243 e. The fourth-order valence-electron chi connectivity index (χ4n) is 3.16. The first-order valence-electron chi connectivity index (χ1n) is 10.0. The van der Waals surface area contributed by atoms with Crippen LogP contribution in [0.25, 0.3) is 0 Å². The van der Waals surface area contributed by atoms with E-state index in [1.165, 1.54) is 28.6 Å². The monoisotopic (exact) mass is 534 g/mol. The molecule has 0 aliphatic rings. The van der Waals surface area contributed by atoms with Gasteiger partial charge in [0.05, 0.1) is 17.5 Å². The summed E-state index contributed by atoms with van der Waals surface area (Å²) in [5.74, 6) is -0.384. The normalized spacial score (nSPS) is 12.5. The van der Waals surface area contributed by atoms with Crippen molar-refractivity contribution in [1.82, 2.24) is 9.62 Å². The molecule has 32 heavy (non-hydrogen) atoms. The second-order valence-corrected chi connectivity index (χ2v) is 10.8. The average molecular weight is 536 g/mol. The van der Waals surface area contributed by atoms with Crippen LogP contribution in [0.15, 0.2) is 82.2 Å². The molecular formula is C24H24BrClN2O3S. The maximum absolute atomic E-state index is 13.3. The van der Waals surface area contributed by atoms with Crippen molar-refractivity contribution in [3.05, 3.63) is 99.0 Å². The molecule has 0 saturated heterocycles. The van der Waals surface area contributed by atoms with Gasteiger partial charge in [-0.3, -0.25) is 4.79 Å². The number of amides is 1. The van der Waals surface area contributed by atoms with Crippen LogP contribution in [0, 0.1) is 6.92 Å². The molecule has 0 saturated carbocycles. The van der Waals surface area contributed by atoms with Crippen LogP contribution < -0.4 is 5.32 Å². The molecule has 1 N–H and O–H groups in total. The minimum Gasteiger partial charge on any atom is -0.348 e. The molecule has 3 aromatic rings. The summed E-state index contributed by atoms with van der Waals surface area (Å²) in [5, 5.41) is 3.33. The van der Waals surface area contributed by atoms with Gasteiger partial charge in [-0.1, -0.05) is 69.5 Å². The Morgan fingerprint density at radius 2 is 1.59 bits per heavy atom. The van der Waals surface area contributed by atoms with Crippen molar-refractivity contribution in [1.29, 1.82) is 0 Å². The van der Waals surface area contributed by atoms with Crippen LogP contribution in [0.1, 0.15) is 29.7 Å². The minimum absolute atomic E-state index is 0.0747. The zero-order chi connectivity index (χ0) is 23.3. The third-order valence-corrected chi connectivity index (χ3v) is 7.58. The summed E-state index contributed by atoms with van der Waals surface area (Å²) in [6.45, 7) is 3.59. The molecule has 0 radical (unpaired) electrons. The fourth-order valence-corrected chi connectivity index (χ4v) is 4.94. The Morgan fingerprint density at radius 3 is 2.19 bits per heavy atom. The fraction of sp³-hybridized carbons (Fsp3) is 0.208. The van der Waals surface area contributed by atoms with Gasteiger partial charge in [0.25, 0.3) is 0 Å². The molecule has 1 atom stereocenters. The van der Waals surface area contributed by atoms with Crippen LogP contribution in [0.4, 0.5) is 0 Å². The Kier molecular flexibility index (Phi) is 8.11.